The lowest BCUT2D eigenvalue weighted by molar-refractivity contribution is -0.139. The van der Waals surface area contributed by atoms with Crippen molar-refractivity contribution in [1.82, 2.24) is 0 Å². The van der Waals surface area contributed by atoms with Gasteiger partial charge in [0.25, 0.3) is 0 Å². The van der Waals surface area contributed by atoms with Crippen molar-refractivity contribution in [2.45, 2.75) is 29.9 Å². The van der Waals surface area contributed by atoms with Crippen LogP contribution >= 0.6 is 0 Å². The first-order valence-corrected chi connectivity index (χ1v) is 6.86. The maximum Gasteiger partial charge on any atom is 0.324 e. The minimum absolute atomic E-state index is 0.144. The highest BCUT2D eigenvalue weighted by Gasteiger charge is 2.42. The normalized spacial score (nSPS) is 12.1. The Morgan fingerprint density at radius 2 is 1.58 bits per heavy atom. The summed E-state index contributed by atoms with van der Waals surface area (Å²) in [5.74, 6) is -2.47. The predicted molar refractivity (Wildman–Crippen MR) is 66.7 cm³/mol. The van der Waals surface area contributed by atoms with Crippen LogP contribution in [0.5, 0.6) is 0 Å². The van der Waals surface area contributed by atoms with E-state index in [1.54, 1.807) is 0 Å². The van der Waals surface area contributed by atoms with Gasteiger partial charge in [-0.1, -0.05) is 12.1 Å². The van der Waals surface area contributed by atoms with E-state index < -0.39 is 26.5 Å². The standard InChI is InChI=1S/C12H14O6S/c1-12(2,11(15)16)19(17,18)9-5-3-8(4-6-9)7-10(13)14/h3-6H,7H2,1-2H3,(H,13,14)(H,15,16). The lowest BCUT2D eigenvalue weighted by Crippen LogP contribution is -2.40. The van der Waals surface area contributed by atoms with E-state index >= 15 is 0 Å². The van der Waals surface area contributed by atoms with Crippen LogP contribution in [-0.2, 0) is 25.8 Å². The number of carboxylic acid groups (broad SMARTS) is 2. The summed E-state index contributed by atoms with van der Waals surface area (Å²) in [6, 6.07) is 5.16. The van der Waals surface area contributed by atoms with Crippen molar-refractivity contribution in [3.63, 3.8) is 0 Å². The van der Waals surface area contributed by atoms with Crippen molar-refractivity contribution in [3.8, 4) is 0 Å². The molecule has 0 bridgehead atoms. The molecule has 0 aromatic heterocycles. The Morgan fingerprint density at radius 3 is 1.95 bits per heavy atom. The number of rotatable bonds is 5. The molecule has 0 amide bonds. The van der Waals surface area contributed by atoms with Crippen LogP contribution < -0.4 is 0 Å². The molecular weight excluding hydrogens is 272 g/mol. The van der Waals surface area contributed by atoms with Crippen LogP contribution in [-0.4, -0.2) is 35.3 Å². The van der Waals surface area contributed by atoms with Crippen LogP contribution in [0.2, 0.25) is 0 Å². The van der Waals surface area contributed by atoms with Gasteiger partial charge in [-0.05, 0) is 31.5 Å². The van der Waals surface area contributed by atoms with Crippen molar-refractivity contribution in [1.29, 1.82) is 0 Å². The Hall–Kier alpha value is -1.89. The van der Waals surface area contributed by atoms with Gasteiger partial charge in [0.05, 0.1) is 11.3 Å². The van der Waals surface area contributed by atoms with Crippen molar-refractivity contribution < 1.29 is 28.2 Å². The smallest absolute Gasteiger partial charge is 0.324 e. The topological polar surface area (TPSA) is 109 Å². The van der Waals surface area contributed by atoms with Crippen molar-refractivity contribution >= 4 is 21.8 Å². The highest BCUT2D eigenvalue weighted by molar-refractivity contribution is 7.93. The molecule has 0 saturated heterocycles. The van der Waals surface area contributed by atoms with Crippen molar-refractivity contribution in [3.05, 3.63) is 29.8 Å². The molecule has 1 rings (SSSR count). The second-order valence-corrected chi connectivity index (χ2v) is 7.03. The third-order valence-electron chi connectivity index (χ3n) is 2.78. The first-order valence-electron chi connectivity index (χ1n) is 5.38. The molecular formula is C12H14O6S. The van der Waals surface area contributed by atoms with Crippen molar-refractivity contribution in [2.75, 3.05) is 0 Å². The van der Waals surface area contributed by atoms with Crippen LogP contribution in [0.15, 0.2) is 29.2 Å². The van der Waals surface area contributed by atoms with Crippen LogP contribution in [0.25, 0.3) is 0 Å². The molecule has 0 fully saturated rings. The van der Waals surface area contributed by atoms with E-state index in [1.165, 1.54) is 24.3 Å². The number of aliphatic carboxylic acids is 2. The fourth-order valence-electron chi connectivity index (χ4n) is 1.37. The molecule has 1 aromatic carbocycles. The molecule has 0 radical (unpaired) electrons. The summed E-state index contributed by atoms with van der Waals surface area (Å²) in [4.78, 5) is 21.4. The largest absolute Gasteiger partial charge is 0.481 e. The molecule has 19 heavy (non-hydrogen) atoms. The van der Waals surface area contributed by atoms with E-state index in [9.17, 15) is 18.0 Å². The number of hydrogen-bond acceptors (Lipinski definition) is 4. The van der Waals surface area contributed by atoms with Gasteiger partial charge < -0.3 is 10.2 Å². The van der Waals surface area contributed by atoms with E-state index in [0.717, 1.165) is 13.8 Å². The molecule has 0 saturated carbocycles. The molecule has 2 N–H and O–H groups in total. The van der Waals surface area contributed by atoms with Crippen molar-refractivity contribution in [2.24, 2.45) is 0 Å². The zero-order valence-corrected chi connectivity index (χ0v) is 11.3. The molecule has 0 aliphatic heterocycles. The zero-order chi connectivity index (χ0) is 14.8. The second-order valence-electron chi connectivity index (χ2n) is 4.53. The van der Waals surface area contributed by atoms with Gasteiger partial charge in [0.2, 0.25) is 0 Å². The Morgan fingerprint density at radius 1 is 1.11 bits per heavy atom. The fraction of sp³-hybridized carbons (Fsp3) is 0.333. The highest BCUT2D eigenvalue weighted by Crippen LogP contribution is 2.25. The summed E-state index contributed by atoms with van der Waals surface area (Å²) in [6.45, 7) is 2.21. The van der Waals surface area contributed by atoms with Gasteiger partial charge in [-0.25, -0.2) is 8.42 Å². The molecule has 0 atom stereocenters. The van der Waals surface area contributed by atoms with Gasteiger partial charge in [0.1, 0.15) is 0 Å². The lowest BCUT2D eigenvalue weighted by Gasteiger charge is -2.19. The van der Waals surface area contributed by atoms with Gasteiger partial charge >= 0.3 is 11.9 Å². The summed E-state index contributed by atoms with van der Waals surface area (Å²) in [7, 11) is -4.03. The number of sulfone groups is 1. The summed E-state index contributed by atoms with van der Waals surface area (Å²) in [5.41, 5.74) is 0.444. The van der Waals surface area contributed by atoms with Gasteiger partial charge in [-0.2, -0.15) is 0 Å². The van der Waals surface area contributed by atoms with Gasteiger partial charge in [-0.3, -0.25) is 9.59 Å². The SMILES string of the molecule is CC(C)(C(=O)O)S(=O)(=O)c1ccc(CC(=O)O)cc1. The highest BCUT2D eigenvalue weighted by atomic mass is 32.2. The van der Waals surface area contributed by atoms with Crippen LogP contribution in [0.4, 0.5) is 0 Å². The number of carbonyl (C=O) groups is 2. The third kappa shape index (κ3) is 2.93. The van der Waals surface area contributed by atoms with Gasteiger partial charge in [0.15, 0.2) is 14.6 Å². The average Bonchev–Trinajstić information content (AvgIpc) is 2.28. The quantitative estimate of drug-likeness (QED) is 0.834. The van der Waals surface area contributed by atoms with Crippen LogP contribution in [0.1, 0.15) is 19.4 Å². The summed E-state index contributed by atoms with van der Waals surface area (Å²) >= 11 is 0. The molecule has 6 nitrogen and oxygen atoms in total. The Bertz CT molecular complexity index is 598. The molecule has 7 heteroatoms. The minimum Gasteiger partial charge on any atom is -0.481 e. The van der Waals surface area contributed by atoms with E-state index in [2.05, 4.69) is 0 Å². The minimum atomic E-state index is -4.03. The first kappa shape index (κ1) is 15.2. The van der Waals surface area contributed by atoms with Crippen LogP contribution in [0, 0.1) is 0 Å². The zero-order valence-electron chi connectivity index (χ0n) is 10.5. The maximum absolute atomic E-state index is 12.1. The van der Waals surface area contributed by atoms with E-state index in [-0.39, 0.29) is 11.3 Å². The molecule has 104 valence electrons. The molecule has 0 aliphatic rings. The third-order valence-corrected chi connectivity index (χ3v) is 5.19. The summed E-state index contributed by atoms with van der Waals surface area (Å²) in [6.07, 6.45) is -0.220. The Kier molecular flexibility index (Phi) is 4.00. The Labute approximate surface area is 110 Å². The number of hydrogen-bond donors (Lipinski definition) is 2. The average molecular weight is 286 g/mol. The summed E-state index contributed by atoms with van der Waals surface area (Å²) < 4.78 is 22.3. The van der Waals surface area contributed by atoms with E-state index in [4.69, 9.17) is 10.2 Å². The maximum atomic E-state index is 12.1. The second kappa shape index (κ2) is 5.00. The molecule has 1 aromatic rings. The number of carboxylic acids is 2. The van der Waals surface area contributed by atoms with Gasteiger partial charge in [-0.15, -0.1) is 0 Å². The predicted octanol–water partition coefficient (Wildman–Crippen LogP) is 0.951. The van der Waals surface area contributed by atoms with Gasteiger partial charge in [0, 0.05) is 0 Å². The van der Waals surface area contributed by atoms with E-state index in [0.29, 0.717) is 5.56 Å². The molecule has 0 unspecified atom stereocenters. The molecule has 0 heterocycles. The Balaban J connectivity index is 3.17. The van der Waals surface area contributed by atoms with Crippen LogP contribution in [0.3, 0.4) is 0 Å². The number of benzene rings is 1. The monoisotopic (exact) mass is 286 g/mol. The first-order chi connectivity index (χ1) is 8.59. The molecule has 0 aliphatic carbocycles. The van der Waals surface area contributed by atoms with E-state index in [1.807, 2.05) is 0 Å². The fourth-order valence-corrected chi connectivity index (χ4v) is 2.68. The summed E-state index contributed by atoms with van der Waals surface area (Å²) in [5, 5.41) is 17.6. The lowest BCUT2D eigenvalue weighted by atomic mass is 10.2. The molecule has 0 spiro atoms.